The molecule has 2 N–H and O–H groups in total. The molecule has 1 aromatic rings. The summed E-state index contributed by atoms with van der Waals surface area (Å²) >= 11 is 0. The highest BCUT2D eigenvalue weighted by molar-refractivity contribution is 5.38. The first-order valence-electron chi connectivity index (χ1n) is 6.26. The number of hydrogen-bond acceptors (Lipinski definition) is 3. The molecule has 3 heteroatoms. The van der Waals surface area contributed by atoms with Crippen LogP contribution in [0, 0.1) is 23.7 Å². The molecule has 0 unspecified atom stereocenters. The highest BCUT2D eigenvalue weighted by atomic mass is 16.5. The van der Waals surface area contributed by atoms with Crippen molar-refractivity contribution >= 4 is 0 Å². The zero-order chi connectivity index (χ0) is 13.8. The van der Waals surface area contributed by atoms with Crippen molar-refractivity contribution in [2.45, 2.75) is 40.2 Å². The molecule has 0 aromatic heterocycles. The van der Waals surface area contributed by atoms with Gasteiger partial charge >= 0.3 is 0 Å². The van der Waals surface area contributed by atoms with Crippen LogP contribution < -0.4 is 10.5 Å². The van der Waals surface area contributed by atoms with Crippen LogP contribution in [0.2, 0.25) is 0 Å². The minimum atomic E-state index is -0.349. The van der Waals surface area contributed by atoms with Crippen LogP contribution in [0.1, 0.15) is 44.4 Å². The lowest BCUT2D eigenvalue weighted by Crippen LogP contribution is -2.14. The summed E-state index contributed by atoms with van der Waals surface area (Å²) in [5, 5.41) is 8.95. The molecule has 1 aromatic carbocycles. The maximum atomic E-state index is 8.95. The maximum Gasteiger partial charge on any atom is 0.124 e. The van der Waals surface area contributed by atoms with Gasteiger partial charge in [-0.15, -0.1) is 0 Å². The van der Waals surface area contributed by atoms with Crippen LogP contribution in [0.4, 0.5) is 0 Å². The molecule has 98 valence electrons. The number of nitrogens with zero attached hydrogens (tertiary/aromatic N) is 1. The first-order valence-corrected chi connectivity index (χ1v) is 6.26. The van der Waals surface area contributed by atoms with Gasteiger partial charge in [-0.25, -0.2) is 0 Å². The number of benzene rings is 1. The first-order chi connectivity index (χ1) is 8.35. The van der Waals surface area contributed by atoms with Gasteiger partial charge in [0, 0.05) is 11.6 Å². The SMILES string of the molecule is Cc1ccc([C@H](C)N)c(OCCC(C)(C)C#N)c1. The molecular formula is C15H22N2O. The minimum Gasteiger partial charge on any atom is -0.493 e. The summed E-state index contributed by atoms with van der Waals surface area (Å²) in [4.78, 5) is 0. The smallest absolute Gasteiger partial charge is 0.124 e. The summed E-state index contributed by atoms with van der Waals surface area (Å²) in [5.74, 6) is 0.832. The van der Waals surface area contributed by atoms with Crippen molar-refractivity contribution in [2.75, 3.05) is 6.61 Å². The molecule has 0 aliphatic carbocycles. The average molecular weight is 246 g/mol. The maximum absolute atomic E-state index is 8.95. The predicted octanol–water partition coefficient (Wildman–Crippen LogP) is 3.33. The summed E-state index contributed by atoms with van der Waals surface area (Å²) in [6.07, 6.45) is 0.704. The molecule has 1 rings (SSSR count). The monoisotopic (exact) mass is 246 g/mol. The molecule has 0 radical (unpaired) electrons. The van der Waals surface area contributed by atoms with Gasteiger partial charge in [-0.2, -0.15) is 5.26 Å². The topological polar surface area (TPSA) is 59.0 Å². The van der Waals surface area contributed by atoms with Gasteiger partial charge < -0.3 is 10.5 Å². The Labute approximate surface area is 110 Å². The van der Waals surface area contributed by atoms with Crippen molar-refractivity contribution in [3.8, 4) is 11.8 Å². The Hall–Kier alpha value is -1.53. The van der Waals surface area contributed by atoms with Gasteiger partial charge in [0.15, 0.2) is 0 Å². The molecule has 0 bridgehead atoms. The van der Waals surface area contributed by atoms with Gasteiger partial charge in [-0.05, 0) is 45.7 Å². The van der Waals surface area contributed by atoms with E-state index in [1.807, 2.05) is 45.9 Å². The van der Waals surface area contributed by atoms with E-state index < -0.39 is 0 Å². The molecule has 0 amide bonds. The molecular weight excluding hydrogens is 224 g/mol. The summed E-state index contributed by atoms with van der Waals surface area (Å²) < 4.78 is 5.79. The molecule has 0 saturated carbocycles. The van der Waals surface area contributed by atoms with E-state index in [9.17, 15) is 0 Å². The number of nitrogens with two attached hydrogens (primary N) is 1. The van der Waals surface area contributed by atoms with Crippen LogP contribution >= 0.6 is 0 Å². The summed E-state index contributed by atoms with van der Waals surface area (Å²) in [7, 11) is 0. The Morgan fingerprint density at radius 1 is 1.44 bits per heavy atom. The second-order valence-corrected chi connectivity index (χ2v) is 5.42. The van der Waals surface area contributed by atoms with Crippen LogP contribution in [0.15, 0.2) is 18.2 Å². The third kappa shape index (κ3) is 4.05. The largest absolute Gasteiger partial charge is 0.493 e. The lowest BCUT2D eigenvalue weighted by molar-refractivity contribution is 0.261. The molecule has 1 atom stereocenters. The van der Waals surface area contributed by atoms with Gasteiger partial charge in [0.2, 0.25) is 0 Å². The zero-order valence-electron chi connectivity index (χ0n) is 11.7. The van der Waals surface area contributed by atoms with E-state index >= 15 is 0 Å². The van der Waals surface area contributed by atoms with E-state index in [1.165, 1.54) is 0 Å². The quantitative estimate of drug-likeness (QED) is 0.866. The number of nitriles is 1. The molecule has 18 heavy (non-hydrogen) atoms. The third-order valence-corrected chi connectivity index (χ3v) is 2.95. The average Bonchev–Trinajstić information content (AvgIpc) is 2.28. The molecule has 0 saturated heterocycles. The van der Waals surface area contributed by atoms with E-state index in [4.69, 9.17) is 15.7 Å². The number of aryl methyl sites for hydroxylation is 1. The molecule has 0 spiro atoms. The van der Waals surface area contributed by atoms with Crippen molar-refractivity contribution in [3.63, 3.8) is 0 Å². The normalized spacial score (nSPS) is 12.9. The van der Waals surface area contributed by atoms with E-state index in [0.29, 0.717) is 13.0 Å². The Bertz CT molecular complexity index is 444. The van der Waals surface area contributed by atoms with Crippen LogP contribution in [0.5, 0.6) is 5.75 Å². The van der Waals surface area contributed by atoms with Crippen molar-refractivity contribution in [1.82, 2.24) is 0 Å². The lowest BCUT2D eigenvalue weighted by atomic mass is 9.92. The van der Waals surface area contributed by atoms with Crippen LogP contribution in [0.25, 0.3) is 0 Å². The second kappa shape index (κ2) is 5.88. The number of hydrogen-bond donors (Lipinski definition) is 1. The van der Waals surface area contributed by atoms with Crippen molar-refractivity contribution in [1.29, 1.82) is 5.26 Å². The van der Waals surface area contributed by atoms with Crippen LogP contribution in [-0.4, -0.2) is 6.61 Å². The third-order valence-electron chi connectivity index (χ3n) is 2.95. The molecule has 0 fully saturated rings. The van der Waals surface area contributed by atoms with Gasteiger partial charge in [0.05, 0.1) is 18.1 Å². The van der Waals surface area contributed by atoms with E-state index in [2.05, 4.69) is 6.07 Å². The van der Waals surface area contributed by atoms with Crippen LogP contribution in [-0.2, 0) is 0 Å². The predicted molar refractivity (Wildman–Crippen MR) is 73.3 cm³/mol. The van der Waals surface area contributed by atoms with E-state index in [1.54, 1.807) is 0 Å². The van der Waals surface area contributed by atoms with E-state index in [0.717, 1.165) is 16.9 Å². The van der Waals surface area contributed by atoms with Gasteiger partial charge in [0.25, 0.3) is 0 Å². The minimum absolute atomic E-state index is 0.0513. The molecule has 0 aliphatic rings. The van der Waals surface area contributed by atoms with Crippen LogP contribution in [0.3, 0.4) is 0 Å². The summed E-state index contributed by atoms with van der Waals surface area (Å²) in [6.45, 7) is 8.33. The Balaban J connectivity index is 2.73. The van der Waals surface area contributed by atoms with Gasteiger partial charge in [0.1, 0.15) is 5.75 Å². The lowest BCUT2D eigenvalue weighted by Gasteiger charge is -2.18. The fourth-order valence-corrected chi connectivity index (χ4v) is 1.61. The summed E-state index contributed by atoms with van der Waals surface area (Å²) in [6, 6.07) is 8.26. The highest BCUT2D eigenvalue weighted by Crippen LogP contribution is 2.26. The van der Waals surface area contributed by atoms with Gasteiger partial charge in [-0.3, -0.25) is 0 Å². The standard InChI is InChI=1S/C15H22N2O/c1-11-5-6-13(12(2)17)14(9-11)18-8-7-15(3,4)10-16/h5-6,9,12H,7-8,17H2,1-4H3/t12-/m0/s1. The number of ether oxygens (including phenoxy) is 1. The second-order valence-electron chi connectivity index (χ2n) is 5.42. The van der Waals surface area contributed by atoms with Gasteiger partial charge in [-0.1, -0.05) is 12.1 Å². The van der Waals surface area contributed by atoms with Crippen molar-refractivity contribution in [2.24, 2.45) is 11.1 Å². The molecule has 0 heterocycles. The molecule has 3 nitrogen and oxygen atoms in total. The Kier molecular flexibility index (Phi) is 4.75. The fraction of sp³-hybridized carbons (Fsp3) is 0.533. The molecule has 0 aliphatic heterocycles. The first kappa shape index (κ1) is 14.5. The summed E-state index contributed by atoms with van der Waals surface area (Å²) in [5.41, 5.74) is 7.72. The van der Waals surface area contributed by atoms with E-state index in [-0.39, 0.29) is 11.5 Å². The number of rotatable bonds is 5. The Morgan fingerprint density at radius 3 is 2.67 bits per heavy atom. The highest BCUT2D eigenvalue weighted by Gasteiger charge is 2.17. The van der Waals surface area contributed by atoms with Crippen molar-refractivity contribution in [3.05, 3.63) is 29.3 Å². The fourth-order valence-electron chi connectivity index (χ4n) is 1.61. The Morgan fingerprint density at radius 2 is 2.11 bits per heavy atom. The zero-order valence-corrected chi connectivity index (χ0v) is 11.7. The van der Waals surface area contributed by atoms with Crippen molar-refractivity contribution < 1.29 is 4.74 Å².